The molecule has 98 valence electrons. The van der Waals surface area contributed by atoms with E-state index in [-0.39, 0.29) is 11.7 Å². The third kappa shape index (κ3) is 2.87. The number of carbonyl (C=O) groups is 1. The first kappa shape index (κ1) is 13.8. The van der Waals surface area contributed by atoms with Crippen molar-refractivity contribution in [3.63, 3.8) is 0 Å². The van der Waals surface area contributed by atoms with E-state index in [4.69, 9.17) is 11.6 Å². The van der Waals surface area contributed by atoms with Gasteiger partial charge in [-0.15, -0.1) is 0 Å². The van der Waals surface area contributed by atoms with Gasteiger partial charge in [-0.25, -0.2) is 0 Å². The zero-order valence-electron chi connectivity index (χ0n) is 11.4. The molecule has 19 heavy (non-hydrogen) atoms. The van der Waals surface area contributed by atoms with E-state index in [1.54, 1.807) is 0 Å². The lowest BCUT2D eigenvalue weighted by Gasteiger charge is -2.13. The molecule has 0 spiro atoms. The van der Waals surface area contributed by atoms with Gasteiger partial charge in [0.1, 0.15) is 0 Å². The van der Waals surface area contributed by atoms with Crippen LogP contribution in [-0.4, -0.2) is 5.78 Å². The Hall–Kier alpha value is -1.60. The number of hydrogen-bond acceptors (Lipinski definition) is 1. The Bertz CT molecular complexity index is 602. The molecule has 0 radical (unpaired) electrons. The van der Waals surface area contributed by atoms with Gasteiger partial charge in [-0.05, 0) is 42.7 Å². The lowest BCUT2D eigenvalue weighted by Crippen LogP contribution is -2.10. The Morgan fingerprint density at radius 2 is 1.63 bits per heavy atom. The van der Waals surface area contributed by atoms with Crippen molar-refractivity contribution >= 4 is 17.4 Å². The molecule has 1 nitrogen and oxygen atoms in total. The monoisotopic (exact) mass is 272 g/mol. The van der Waals surface area contributed by atoms with Crippen LogP contribution < -0.4 is 0 Å². The molecule has 0 N–H and O–H groups in total. The maximum absolute atomic E-state index is 12.5. The van der Waals surface area contributed by atoms with Crippen LogP contribution in [0.3, 0.4) is 0 Å². The van der Waals surface area contributed by atoms with Crippen LogP contribution in [0.2, 0.25) is 5.02 Å². The number of benzene rings is 2. The van der Waals surface area contributed by atoms with E-state index in [0.717, 1.165) is 16.7 Å². The lowest BCUT2D eigenvalue weighted by atomic mass is 9.91. The van der Waals surface area contributed by atoms with Gasteiger partial charge in [0.05, 0.1) is 5.02 Å². The first-order valence-electron chi connectivity index (χ1n) is 6.36. The smallest absolute Gasteiger partial charge is 0.171 e. The molecule has 1 atom stereocenters. The maximum atomic E-state index is 12.5. The molecule has 0 fully saturated rings. The quantitative estimate of drug-likeness (QED) is 0.723. The Kier molecular flexibility index (Phi) is 4.06. The minimum Gasteiger partial charge on any atom is -0.293 e. The van der Waals surface area contributed by atoms with Crippen LogP contribution in [0.1, 0.15) is 39.9 Å². The summed E-state index contributed by atoms with van der Waals surface area (Å²) in [7, 11) is 0. The SMILES string of the molecule is Cc1cc(Cl)c(C(=O)C(C)c2ccccc2)cc1C. The molecule has 0 aliphatic rings. The average Bonchev–Trinajstić information content (AvgIpc) is 2.42. The Balaban J connectivity index is 2.37. The molecule has 2 aromatic carbocycles. The molecule has 0 amide bonds. The van der Waals surface area contributed by atoms with Crippen LogP contribution >= 0.6 is 11.6 Å². The Labute approximate surface area is 119 Å². The minimum absolute atomic E-state index is 0.0688. The summed E-state index contributed by atoms with van der Waals surface area (Å²) in [6.45, 7) is 5.91. The highest BCUT2D eigenvalue weighted by Crippen LogP contribution is 2.27. The van der Waals surface area contributed by atoms with Crippen LogP contribution in [0.5, 0.6) is 0 Å². The van der Waals surface area contributed by atoms with Gasteiger partial charge >= 0.3 is 0 Å². The lowest BCUT2D eigenvalue weighted by molar-refractivity contribution is 0.0966. The van der Waals surface area contributed by atoms with Gasteiger partial charge in [-0.2, -0.15) is 0 Å². The molecular weight excluding hydrogens is 256 g/mol. The van der Waals surface area contributed by atoms with Crippen LogP contribution in [0.15, 0.2) is 42.5 Å². The third-order valence-corrected chi connectivity index (χ3v) is 3.85. The number of aryl methyl sites for hydroxylation is 2. The van der Waals surface area contributed by atoms with Crippen molar-refractivity contribution in [3.05, 3.63) is 69.7 Å². The topological polar surface area (TPSA) is 17.1 Å². The van der Waals surface area contributed by atoms with Crippen molar-refractivity contribution in [1.82, 2.24) is 0 Å². The summed E-state index contributed by atoms with van der Waals surface area (Å²) in [5.41, 5.74) is 3.82. The van der Waals surface area contributed by atoms with E-state index in [9.17, 15) is 4.79 Å². The number of ketones is 1. The van der Waals surface area contributed by atoms with Crippen LogP contribution in [0.4, 0.5) is 0 Å². The summed E-state index contributed by atoms with van der Waals surface area (Å²) in [5, 5.41) is 0.538. The zero-order valence-corrected chi connectivity index (χ0v) is 12.2. The highest BCUT2D eigenvalue weighted by atomic mass is 35.5. The van der Waals surface area contributed by atoms with Gasteiger partial charge in [0.25, 0.3) is 0 Å². The van der Waals surface area contributed by atoms with Crippen molar-refractivity contribution in [3.8, 4) is 0 Å². The van der Waals surface area contributed by atoms with Crippen molar-refractivity contribution in [1.29, 1.82) is 0 Å². The van der Waals surface area contributed by atoms with E-state index in [1.807, 2.05) is 63.2 Å². The summed E-state index contributed by atoms with van der Waals surface area (Å²) in [6, 6.07) is 13.5. The largest absolute Gasteiger partial charge is 0.293 e. The van der Waals surface area contributed by atoms with E-state index >= 15 is 0 Å². The van der Waals surface area contributed by atoms with Gasteiger partial charge < -0.3 is 0 Å². The normalized spacial score (nSPS) is 12.2. The first-order valence-corrected chi connectivity index (χ1v) is 6.74. The number of carbonyl (C=O) groups excluding carboxylic acids is 1. The third-order valence-electron chi connectivity index (χ3n) is 3.54. The average molecular weight is 273 g/mol. The number of hydrogen-bond donors (Lipinski definition) is 0. The van der Waals surface area contributed by atoms with Gasteiger partial charge in [0.2, 0.25) is 0 Å². The number of halogens is 1. The highest BCUT2D eigenvalue weighted by molar-refractivity contribution is 6.34. The standard InChI is InChI=1S/C17H17ClO/c1-11-9-15(16(18)10-12(11)2)17(19)13(3)14-7-5-4-6-8-14/h4-10,13H,1-3H3. The molecule has 2 heteroatoms. The summed E-state index contributed by atoms with van der Waals surface area (Å²) in [5.74, 6) is -0.111. The molecule has 0 saturated heterocycles. The molecule has 2 aromatic rings. The fourth-order valence-corrected chi connectivity index (χ4v) is 2.41. The second-order valence-corrected chi connectivity index (χ2v) is 5.32. The molecule has 2 rings (SSSR count). The Morgan fingerprint density at radius 3 is 2.26 bits per heavy atom. The fourth-order valence-electron chi connectivity index (χ4n) is 2.10. The predicted octanol–water partition coefficient (Wildman–Crippen LogP) is 4.94. The second kappa shape index (κ2) is 5.58. The van der Waals surface area contributed by atoms with Crippen molar-refractivity contribution in [2.75, 3.05) is 0 Å². The molecular formula is C17H17ClO. The molecule has 0 aliphatic heterocycles. The summed E-state index contributed by atoms with van der Waals surface area (Å²) in [4.78, 5) is 12.5. The highest BCUT2D eigenvalue weighted by Gasteiger charge is 2.20. The van der Waals surface area contributed by atoms with Crippen molar-refractivity contribution < 1.29 is 4.79 Å². The predicted molar refractivity (Wildman–Crippen MR) is 80.1 cm³/mol. The first-order chi connectivity index (χ1) is 9.00. The van der Waals surface area contributed by atoms with E-state index in [0.29, 0.717) is 10.6 Å². The van der Waals surface area contributed by atoms with Gasteiger partial charge in [-0.1, -0.05) is 48.9 Å². The summed E-state index contributed by atoms with van der Waals surface area (Å²) >= 11 is 6.21. The molecule has 0 aromatic heterocycles. The van der Waals surface area contributed by atoms with E-state index in [1.165, 1.54) is 0 Å². The van der Waals surface area contributed by atoms with Gasteiger partial charge in [0, 0.05) is 11.5 Å². The maximum Gasteiger partial charge on any atom is 0.171 e. The molecule has 0 heterocycles. The summed E-state index contributed by atoms with van der Waals surface area (Å²) in [6.07, 6.45) is 0. The van der Waals surface area contributed by atoms with Crippen molar-refractivity contribution in [2.45, 2.75) is 26.7 Å². The minimum atomic E-state index is -0.180. The van der Waals surface area contributed by atoms with Gasteiger partial charge in [0.15, 0.2) is 5.78 Å². The second-order valence-electron chi connectivity index (χ2n) is 4.91. The molecule has 1 unspecified atom stereocenters. The molecule has 0 aliphatic carbocycles. The Morgan fingerprint density at radius 1 is 1.05 bits per heavy atom. The van der Waals surface area contributed by atoms with Crippen LogP contribution in [0.25, 0.3) is 0 Å². The molecule has 0 bridgehead atoms. The van der Waals surface area contributed by atoms with Crippen LogP contribution in [-0.2, 0) is 0 Å². The fraction of sp³-hybridized carbons (Fsp3) is 0.235. The van der Waals surface area contributed by atoms with Gasteiger partial charge in [-0.3, -0.25) is 4.79 Å². The summed E-state index contributed by atoms with van der Waals surface area (Å²) < 4.78 is 0. The zero-order chi connectivity index (χ0) is 14.0. The van der Waals surface area contributed by atoms with Crippen molar-refractivity contribution in [2.24, 2.45) is 0 Å². The number of Topliss-reactive ketones (excluding diaryl/α,β-unsaturated/α-hetero) is 1. The van der Waals surface area contributed by atoms with E-state index < -0.39 is 0 Å². The number of rotatable bonds is 3. The molecule has 0 saturated carbocycles. The van der Waals surface area contributed by atoms with E-state index in [2.05, 4.69) is 0 Å². The van der Waals surface area contributed by atoms with Crippen LogP contribution in [0, 0.1) is 13.8 Å².